The summed E-state index contributed by atoms with van der Waals surface area (Å²) in [7, 11) is 1.57. The number of aromatic nitrogens is 1. The Morgan fingerprint density at radius 2 is 2.04 bits per heavy atom. The lowest BCUT2D eigenvalue weighted by Gasteiger charge is -2.11. The first-order valence-corrected chi connectivity index (χ1v) is 9.54. The van der Waals surface area contributed by atoms with Crippen molar-refractivity contribution < 1.29 is 13.9 Å². The van der Waals surface area contributed by atoms with E-state index >= 15 is 0 Å². The first kappa shape index (κ1) is 18.2. The highest BCUT2D eigenvalue weighted by Gasteiger charge is 2.18. The third kappa shape index (κ3) is 3.25. The minimum Gasteiger partial charge on any atom is -0.496 e. The van der Waals surface area contributed by atoms with Crippen molar-refractivity contribution in [2.24, 2.45) is 0 Å². The number of carbonyl (C=O) groups is 1. The monoisotopic (exact) mass is 394 g/mol. The number of aryl methyl sites for hydroxylation is 2. The highest BCUT2D eigenvalue weighted by Crippen LogP contribution is 2.31. The Morgan fingerprint density at radius 1 is 1.25 bits per heavy atom. The molecule has 142 valence electrons. The molecule has 0 aliphatic rings. The van der Waals surface area contributed by atoms with Crippen molar-refractivity contribution in [1.29, 1.82) is 0 Å². The van der Waals surface area contributed by atoms with Crippen molar-refractivity contribution in [2.75, 3.05) is 12.4 Å². The standard InChI is InChI=1S/C21H18N2O4S/c1-11-8-15(26-3)19-12(2)13(20(25)27-16(19)9-11)10-18(24)23-21-22-14-6-4-5-7-17(14)28-21/h4-9H,10H2,1-3H3,(H,22,23,24). The molecule has 28 heavy (non-hydrogen) atoms. The number of rotatable bonds is 4. The van der Waals surface area contributed by atoms with Crippen LogP contribution in [0.3, 0.4) is 0 Å². The molecule has 0 aliphatic heterocycles. The zero-order chi connectivity index (χ0) is 19.8. The molecule has 0 bridgehead atoms. The number of hydrogen-bond donors (Lipinski definition) is 1. The number of ether oxygens (including phenoxy) is 1. The average Bonchev–Trinajstić information content (AvgIpc) is 3.06. The number of thiazole rings is 1. The summed E-state index contributed by atoms with van der Waals surface area (Å²) in [6.07, 6.45) is -0.100. The summed E-state index contributed by atoms with van der Waals surface area (Å²) >= 11 is 1.39. The molecule has 4 aromatic rings. The molecule has 0 unspecified atom stereocenters. The molecule has 1 amide bonds. The van der Waals surface area contributed by atoms with Crippen LogP contribution < -0.4 is 15.7 Å². The van der Waals surface area contributed by atoms with Crippen LogP contribution in [0.2, 0.25) is 0 Å². The molecule has 1 N–H and O–H groups in total. The van der Waals surface area contributed by atoms with Gasteiger partial charge in [-0.25, -0.2) is 9.78 Å². The second-order valence-corrected chi connectivity index (χ2v) is 7.58. The predicted octanol–water partition coefficient (Wildman–Crippen LogP) is 4.21. The van der Waals surface area contributed by atoms with E-state index in [0.717, 1.165) is 15.8 Å². The van der Waals surface area contributed by atoms with Gasteiger partial charge in [0.25, 0.3) is 0 Å². The molecule has 0 saturated carbocycles. The molecule has 2 aromatic heterocycles. The van der Waals surface area contributed by atoms with Crippen molar-refractivity contribution in [2.45, 2.75) is 20.3 Å². The van der Waals surface area contributed by atoms with E-state index in [1.54, 1.807) is 20.1 Å². The van der Waals surface area contributed by atoms with Gasteiger partial charge in [-0.15, -0.1) is 0 Å². The minimum absolute atomic E-state index is 0.100. The van der Waals surface area contributed by atoms with Gasteiger partial charge in [-0.3, -0.25) is 4.79 Å². The molecular formula is C21H18N2O4S. The van der Waals surface area contributed by atoms with E-state index in [1.165, 1.54) is 11.3 Å². The zero-order valence-corrected chi connectivity index (χ0v) is 16.5. The number of carbonyl (C=O) groups excluding carboxylic acids is 1. The number of nitrogens with zero attached hydrogens (tertiary/aromatic N) is 1. The molecule has 0 saturated heterocycles. The van der Waals surface area contributed by atoms with Gasteiger partial charge in [-0.2, -0.15) is 0 Å². The topological polar surface area (TPSA) is 81.4 Å². The number of nitrogens with one attached hydrogen (secondary N) is 1. The van der Waals surface area contributed by atoms with Crippen LogP contribution in [0.1, 0.15) is 16.7 Å². The summed E-state index contributed by atoms with van der Waals surface area (Å²) in [5.41, 5.74) is 2.68. The predicted molar refractivity (Wildman–Crippen MR) is 110 cm³/mol. The SMILES string of the molecule is COc1cc(C)cc2oc(=O)c(CC(=O)Nc3nc4ccccc4s3)c(C)c12. The summed E-state index contributed by atoms with van der Waals surface area (Å²) in [6.45, 7) is 3.70. The lowest BCUT2D eigenvalue weighted by atomic mass is 10.0. The summed E-state index contributed by atoms with van der Waals surface area (Å²) in [5, 5.41) is 3.98. The van der Waals surface area contributed by atoms with E-state index in [0.29, 0.717) is 33.0 Å². The molecule has 0 atom stereocenters. The maximum atomic E-state index is 12.6. The fraction of sp³-hybridized carbons (Fsp3) is 0.190. The maximum Gasteiger partial charge on any atom is 0.340 e. The van der Waals surface area contributed by atoms with Crippen LogP contribution in [0.4, 0.5) is 5.13 Å². The fourth-order valence-electron chi connectivity index (χ4n) is 3.25. The first-order chi connectivity index (χ1) is 13.5. The van der Waals surface area contributed by atoms with Crippen LogP contribution in [0.15, 0.2) is 45.6 Å². The molecule has 2 heterocycles. The Morgan fingerprint density at radius 3 is 2.79 bits per heavy atom. The third-order valence-electron chi connectivity index (χ3n) is 4.58. The molecule has 0 radical (unpaired) electrons. The van der Waals surface area contributed by atoms with Crippen LogP contribution in [-0.2, 0) is 11.2 Å². The number of amides is 1. The van der Waals surface area contributed by atoms with Crippen molar-refractivity contribution in [1.82, 2.24) is 4.98 Å². The van der Waals surface area contributed by atoms with Gasteiger partial charge in [0.1, 0.15) is 11.3 Å². The smallest absolute Gasteiger partial charge is 0.340 e. The second-order valence-electron chi connectivity index (χ2n) is 6.55. The largest absolute Gasteiger partial charge is 0.496 e. The molecular weight excluding hydrogens is 376 g/mol. The van der Waals surface area contributed by atoms with Crippen molar-refractivity contribution in [3.8, 4) is 5.75 Å². The Labute approximate surface area is 164 Å². The van der Waals surface area contributed by atoms with Gasteiger partial charge in [-0.05, 0) is 49.2 Å². The van der Waals surface area contributed by atoms with Crippen molar-refractivity contribution in [3.05, 3.63) is 63.5 Å². The van der Waals surface area contributed by atoms with Gasteiger partial charge < -0.3 is 14.5 Å². The molecule has 4 rings (SSSR count). The number of para-hydroxylation sites is 1. The third-order valence-corrected chi connectivity index (χ3v) is 5.54. The Kier molecular flexibility index (Phi) is 4.60. The molecule has 0 spiro atoms. The summed E-state index contributed by atoms with van der Waals surface area (Å²) in [6, 6.07) is 11.3. The fourth-order valence-corrected chi connectivity index (χ4v) is 4.13. The van der Waals surface area contributed by atoms with Crippen LogP contribution >= 0.6 is 11.3 Å². The summed E-state index contributed by atoms with van der Waals surface area (Å²) in [4.78, 5) is 29.4. The highest BCUT2D eigenvalue weighted by molar-refractivity contribution is 7.22. The number of hydrogen-bond acceptors (Lipinski definition) is 6. The van der Waals surface area contributed by atoms with Gasteiger partial charge in [-0.1, -0.05) is 23.5 Å². The van der Waals surface area contributed by atoms with Crippen molar-refractivity contribution >= 4 is 43.6 Å². The van der Waals surface area contributed by atoms with E-state index in [-0.39, 0.29) is 12.3 Å². The normalized spacial score (nSPS) is 11.1. The second kappa shape index (κ2) is 7.09. The summed E-state index contributed by atoms with van der Waals surface area (Å²) < 4.78 is 11.9. The van der Waals surface area contributed by atoms with E-state index in [2.05, 4.69) is 10.3 Å². The molecule has 7 heteroatoms. The van der Waals surface area contributed by atoms with Gasteiger partial charge in [0.2, 0.25) is 5.91 Å². The van der Waals surface area contributed by atoms with Crippen LogP contribution in [0.5, 0.6) is 5.75 Å². The van der Waals surface area contributed by atoms with E-state index in [1.807, 2.05) is 37.3 Å². The molecule has 2 aromatic carbocycles. The van der Waals surface area contributed by atoms with Crippen LogP contribution in [0, 0.1) is 13.8 Å². The van der Waals surface area contributed by atoms with Crippen molar-refractivity contribution in [3.63, 3.8) is 0 Å². The zero-order valence-electron chi connectivity index (χ0n) is 15.7. The first-order valence-electron chi connectivity index (χ1n) is 8.72. The van der Waals surface area contributed by atoms with Gasteiger partial charge in [0, 0.05) is 0 Å². The van der Waals surface area contributed by atoms with E-state index in [9.17, 15) is 9.59 Å². The minimum atomic E-state index is -0.517. The summed E-state index contributed by atoms with van der Waals surface area (Å²) in [5.74, 6) is 0.295. The highest BCUT2D eigenvalue weighted by atomic mass is 32.1. The van der Waals surface area contributed by atoms with E-state index < -0.39 is 5.63 Å². The quantitative estimate of drug-likeness (QED) is 0.525. The Balaban J connectivity index is 1.67. The Bertz CT molecular complexity index is 1240. The maximum absolute atomic E-state index is 12.6. The van der Waals surface area contributed by atoms with Crippen LogP contribution in [0.25, 0.3) is 21.2 Å². The lowest BCUT2D eigenvalue weighted by molar-refractivity contribution is -0.115. The lowest BCUT2D eigenvalue weighted by Crippen LogP contribution is -2.20. The molecule has 0 aliphatic carbocycles. The average molecular weight is 394 g/mol. The molecule has 0 fully saturated rings. The number of benzene rings is 2. The number of fused-ring (bicyclic) bond motifs is 2. The van der Waals surface area contributed by atoms with Crippen LogP contribution in [-0.4, -0.2) is 18.0 Å². The van der Waals surface area contributed by atoms with E-state index in [4.69, 9.17) is 9.15 Å². The number of methoxy groups -OCH3 is 1. The molecule has 6 nitrogen and oxygen atoms in total. The number of anilines is 1. The van der Waals surface area contributed by atoms with Gasteiger partial charge in [0.15, 0.2) is 5.13 Å². The van der Waals surface area contributed by atoms with Gasteiger partial charge >= 0.3 is 5.63 Å². The Hall–Kier alpha value is -3.19. The van der Waals surface area contributed by atoms with Gasteiger partial charge in [0.05, 0.1) is 34.7 Å².